The van der Waals surface area contributed by atoms with E-state index in [1.807, 2.05) is 0 Å². The summed E-state index contributed by atoms with van der Waals surface area (Å²) in [5.74, 6) is -2.80. The van der Waals surface area contributed by atoms with Gasteiger partial charge in [0.15, 0.2) is 0 Å². The molecule has 102 valence electrons. The molecular weight excluding hydrogens is 254 g/mol. The van der Waals surface area contributed by atoms with Crippen molar-refractivity contribution in [3.05, 3.63) is 48.1 Å². The molecule has 0 radical (unpaired) electrons. The van der Waals surface area contributed by atoms with Crippen LogP contribution in [0.3, 0.4) is 0 Å². The highest BCUT2D eigenvalue weighted by Crippen LogP contribution is 2.10. The van der Waals surface area contributed by atoms with E-state index in [0.29, 0.717) is 6.07 Å². The van der Waals surface area contributed by atoms with Crippen molar-refractivity contribution in [2.24, 2.45) is 5.73 Å². The molecule has 2 amide bonds. The van der Waals surface area contributed by atoms with Gasteiger partial charge < -0.3 is 11.1 Å². The van der Waals surface area contributed by atoms with Gasteiger partial charge in [-0.05, 0) is 18.1 Å². The number of amides is 2. The Labute approximate surface area is 109 Å². The Balaban J connectivity index is 2.68. The van der Waals surface area contributed by atoms with E-state index in [4.69, 9.17) is 5.73 Å². The van der Waals surface area contributed by atoms with Crippen LogP contribution in [0, 0.1) is 11.6 Å². The first-order valence-corrected chi connectivity index (χ1v) is 5.57. The fourth-order valence-electron chi connectivity index (χ4n) is 1.50. The van der Waals surface area contributed by atoms with Crippen LogP contribution in [0.25, 0.3) is 0 Å². The Kier molecular flexibility index (Phi) is 5.17. The van der Waals surface area contributed by atoms with Crippen molar-refractivity contribution in [3.63, 3.8) is 0 Å². The van der Waals surface area contributed by atoms with Gasteiger partial charge in [-0.25, -0.2) is 8.78 Å². The number of nitrogens with one attached hydrogen (secondary N) is 1. The maximum atomic E-state index is 13.3. The zero-order valence-corrected chi connectivity index (χ0v) is 10.2. The maximum absolute atomic E-state index is 13.3. The predicted octanol–water partition coefficient (Wildman–Crippen LogP) is 1.05. The van der Waals surface area contributed by atoms with Crippen molar-refractivity contribution >= 4 is 11.8 Å². The minimum absolute atomic E-state index is 0.0423. The van der Waals surface area contributed by atoms with Crippen LogP contribution in [0.15, 0.2) is 30.9 Å². The van der Waals surface area contributed by atoms with Crippen LogP contribution in [-0.4, -0.2) is 17.9 Å². The highest BCUT2D eigenvalue weighted by Gasteiger charge is 2.17. The molecule has 0 spiro atoms. The lowest BCUT2D eigenvalue weighted by Gasteiger charge is -2.13. The molecule has 0 aromatic heterocycles. The lowest BCUT2D eigenvalue weighted by atomic mass is 10.1. The summed E-state index contributed by atoms with van der Waals surface area (Å²) in [5, 5.41) is 2.36. The van der Waals surface area contributed by atoms with Gasteiger partial charge in [0.1, 0.15) is 17.7 Å². The lowest BCUT2D eigenvalue weighted by Crippen LogP contribution is -2.44. The van der Waals surface area contributed by atoms with Gasteiger partial charge in [-0.15, -0.1) is 6.58 Å². The third-order valence-corrected chi connectivity index (χ3v) is 2.45. The molecule has 0 heterocycles. The van der Waals surface area contributed by atoms with E-state index in [0.717, 1.165) is 6.07 Å². The monoisotopic (exact) mass is 268 g/mol. The maximum Gasteiger partial charge on any atom is 0.240 e. The summed E-state index contributed by atoms with van der Waals surface area (Å²) in [4.78, 5) is 22.7. The fraction of sp³-hybridized carbons (Fsp3) is 0.231. The lowest BCUT2D eigenvalue weighted by molar-refractivity contribution is -0.126. The number of benzene rings is 1. The van der Waals surface area contributed by atoms with E-state index in [9.17, 15) is 18.4 Å². The number of carbonyl (C=O) groups is 2. The second kappa shape index (κ2) is 6.63. The molecule has 0 aliphatic carbocycles. The van der Waals surface area contributed by atoms with Crippen LogP contribution in [0.1, 0.15) is 12.0 Å². The number of hydrogen-bond donors (Lipinski definition) is 2. The van der Waals surface area contributed by atoms with Gasteiger partial charge >= 0.3 is 0 Å². The van der Waals surface area contributed by atoms with Gasteiger partial charge in [-0.1, -0.05) is 12.1 Å². The third kappa shape index (κ3) is 4.50. The minimum Gasteiger partial charge on any atom is -0.368 e. The molecule has 0 saturated heterocycles. The molecule has 1 atom stereocenters. The van der Waals surface area contributed by atoms with Crippen LogP contribution < -0.4 is 11.1 Å². The second-order valence-electron chi connectivity index (χ2n) is 3.96. The van der Waals surface area contributed by atoms with E-state index >= 15 is 0 Å². The highest BCUT2D eigenvalue weighted by molar-refractivity contribution is 5.87. The average molecular weight is 268 g/mol. The molecule has 0 bridgehead atoms. The average Bonchev–Trinajstić information content (AvgIpc) is 2.32. The smallest absolute Gasteiger partial charge is 0.240 e. The van der Waals surface area contributed by atoms with E-state index in [1.54, 1.807) is 0 Å². The van der Waals surface area contributed by atoms with E-state index in [2.05, 4.69) is 11.9 Å². The predicted molar refractivity (Wildman–Crippen MR) is 66.0 cm³/mol. The zero-order valence-electron chi connectivity index (χ0n) is 10.2. The van der Waals surface area contributed by atoms with E-state index in [-0.39, 0.29) is 18.4 Å². The van der Waals surface area contributed by atoms with Crippen LogP contribution in [0.5, 0.6) is 0 Å². The zero-order chi connectivity index (χ0) is 14.4. The van der Waals surface area contributed by atoms with Gasteiger partial charge in [0.05, 0.1) is 6.42 Å². The van der Waals surface area contributed by atoms with Crippen molar-refractivity contribution in [2.75, 3.05) is 0 Å². The second-order valence-corrected chi connectivity index (χ2v) is 3.96. The first kappa shape index (κ1) is 14.8. The SMILES string of the molecule is C=CC[C@H](NC(=O)Cc1ccc(F)cc1F)C(N)=O. The quantitative estimate of drug-likeness (QED) is 0.757. The number of hydrogen-bond acceptors (Lipinski definition) is 2. The van der Waals surface area contributed by atoms with Crippen LogP contribution in [0.4, 0.5) is 8.78 Å². The normalized spacial score (nSPS) is 11.7. The number of rotatable bonds is 6. The Hall–Kier alpha value is -2.24. The molecule has 0 aliphatic heterocycles. The number of primary amides is 1. The van der Waals surface area contributed by atoms with Gasteiger partial charge in [0.2, 0.25) is 11.8 Å². The van der Waals surface area contributed by atoms with Crippen molar-refractivity contribution < 1.29 is 18.4 Å². The molecule has 1 aromatic carbocycles. The molecule has 0 saturated carbocycles. The minimum atomic E-state index is -0.881. The first-order chi connectivity index (χ1) is 8.93. The number of carbonyl (C=O) groups excluding carboxylic acids is 2. The molecule has 1 aromatic rings. The van der Waals surface area contributed by atoms with Crippen molar-refractivity contribution in [2.45, 2.75) is 18.9 Å². The van der Waals surface area contributed by atoms with E-state index < -0.39 is 29.5 Å². The summed E-state index contributed by atoms with van der Waals surface area (Å²) in [7, 11) is 0. The molecule has 0 aliphatic rings. The molecular formula is C13H14F2N2O2. The molecule has 0 unspecified atom stereocenters. The van der Waals surface area contributed by atoms with Gasteiger partial charge in [-0.3, -0.25) is 9.59 Å². The molecule has 19 heavy (non-hydrogen) atoms. The number of halogens is 2. The van der Waals surface area contributed by atoms with Crippen molar-refractivity contribution in [1.29, 1.82) is 0 Å². The van der Waals surface area contributed by atoms with Gasteiger partial charge in [0.25, 0.3) is 0 Å². The summed E-state index contributed by atoms with van der Waals surface area (Å²) >= 11 is 0. The Morgan fingerprint density at radius 3 is 2.63 bits per heavy atom. The largest absolute Gasteiger partial charge is 0.368 e. The van der Waals surface area contributed by atoms with Gasteiger partial charge in [0, 0.05) is 6.07 Å². The highest BCUT2D eigenvalue weighted by atomic mass is 19.1. The molecule has 3 N–H and O–H groups in total. The molecule has 1 rings (SSSR count). The van der Waals surface area contributed by atoms with E-state index in [1.165, 1.54) is 12.1 Å². The first-order valence-electron chi connectivity index (χ1n) is 5.57. The van der Waals surface area contributed by atoms with Gasteiger partial charge in [-0.2, -0.15) is 0 Å². The summed E-state index contributed by atoms with van der Waals surface area (Å²) in [6.07, 6.45) is 1.33. The van der Waals surface area contributed by atoms with Crippen molar-refractivity contribution in [3.8, 4) is 0 Å². The summed E-state index contributed by atoms with van der Waals surface area (Å²) in [6.45, 7) is 3.44. The number of nitrogens with two attached hydrogens (primary N) is 1. The van der Waals surface area contributed by atoms with Crippen LogP contribution in [0.2, 0.25) is 0 Å². The topological polar surface area (TPSA) is 72.2 Å². The molecule has 4 nitrogen and oxygen atoms in total. The van der Waals surface area contributed by atoms with Crippen LogP contribution in [-0.2, 0) is 16.0 Å². The standard InChI is InChI=1S/C13H14F2N2O2/c1-2-3-11(13(16)19)17-12(18)6-8-4-5-9(14)7-10(8)15/h2,4-5,7,11H,1,3,6H2,(H2,16,19)(H,17,18)/t11-/m0/s1. The van der Waals surface area contributed by atoms with Crippen LogP contribution >= 0.6 is 0 Å². The summed E-state index contributed by atoms with van der Waals surface area (Å²) in [5.41, 5.74) is 5.13. The van der Waals surface area contributed by atoms with Crippen molar-refractivity contribution in [1.82, 2.24) is 5.32 Å². The summed E-state index contributed by atoms with van der Waals surface area (Å²) in [6, 6.07) is 2.05. The Bertz CT molecular complexity index is 503. The fourth-order valence-corrected chi connectivity index (χ4v) is 1.50. The molecule has 0 fully saturated rings. The third-order valence-electron chi connectivity index (χ3n) is 2.45. The summed E-state index contributed by atoms with van der Waals surface area (Å²) < 4.78 is 26.0. The molecule has 6 heteroatoms. The Morgan fingerprint density at radius 1 is 1.42 bits per heavy atom. The Morgan fingerprint density at radius 2 is 2.11 bits per heavy atom.